The summed E-state index contributed by atoms with van der Waals surface area (Å²) in [6.07, 6.45) is 8.11. The van der Waals surface area contributed by atoms with Gasteiger partial charge in [0.2, 0.25) is 0 Å². The van der Waals surface area contributed by atoms with E-state index in [2.05, 4.69) is 39.6 Å². The fourth-order valence-corrected chi connectivity index (χ4v) is 2.28. The summed E-state index contributed by atoms with van der Waals surface area (Å²) in [6, 6.07) is 0. The maximum Gasteiger partial charge on any atom is -0.00218 e. The van der Waals surface area contributed by atoms with E-state index < -0.39 is 0 Å². The average Bonchev–Trinajstić information content (AvgIpc) is 2.13. The molecule has 0 aromatic rings. The van der Waals surface area contributed by atoms with Gasteiger partial charge in [0.25, 0.3) is 0 Å². The Hall–Kier alpha value is -0.0400. The Morgan fingerprint density at radius 3 is 2.07 bits per heavy atom. The molecule has 0 rings (SSSR count). The Morgan fingerprint density at radius 1 is 0.867 bits per heavy atom. The summed E-state index contributed by atoms with van der Waals surface area (Å²) in [6.45, 7) is 11.9. The quantitative estimate of drug-likeness (QED) is 0.515. The molecule has 0 aliphatic rings. The second-order valence-corrected chi connectivity index (χ2v) is 5.67. The van der Waals surface area contributed by atoms with E-state index in [0.717, 1.165) is 0 Å². The molecule has 1 heteroatoms. The minimum Gasteiger partial charge on any atom is -0.306 e. The molecule has 0 unspecified atom stereocenters. The highest BCUT2D eigenvalue weighted by atomic mass is 15.1. The van der Waals surface area contributed by atoms with E-state index in [0.29, 0.717) is 5.41 Å². The fourth-order valence-electron chi connectivity index (χ4n) is 2.28. The van der Waals surface area contributed by atoms with Gasteiger partial charge >= 0.3 is 0 Å². The summed E-state index contributed by atoms with van der Waals surface area (Å²) in [4.78, 5) is 2.45. The minimum absolute atomic E-state index is 0.568. The van der Waals surface area contributed by atoms with Crippen LogP contribution in [0.3, 0.4) is 0 Å². The molecule has 0 saturated carbocycles. The Labute approximate surface area is 97.2 Å². The molecule has 0 spiro atoms. The van der Waals surface area contributed by atoms with E-state index in [9.17, 15) is 0 Å². The maximum atomic E-state index is 2.45. The molecule has 0 heterocycles. The molecule has 1 nitrogen and oxygen atoms in total. The molecule has 0 amide bonds. The van der Waals surface area contributed by atoms with Crippen molar-refractivity contribution in [2.75, 3.05) is 20.1 Å². The van der Waals surface area contributed by atoms with Crippen LogP contribution in [-0.4, -0.2) is 25.0 Å². The molecule has 0 radical (unpaired) electrons. The van der Waals surface area contributed by atoms with E-state index in [1.807, 2.05) is 0 Å². The van der Waals surface area contributed by atoms with E-state index in [-0.39, 0.29) is 0 Å². The zero-order valence-electron chi connectivity index (χ0n) is 11.6. The van der Waals surface area contributed by atoms with Gasteiger partial charge in [-0.05, 0) is 51.2 Å². The fraction of sp³-hybridized carbons (Fsp3) is 1.00. The topological polar surface area (TPSA) is 3.24 Å². The van der Waals surface area contributed by atoms with E-state index in [1.165, 1.54) is 51.6 Å². The Kier molecular flexibility index (Phi) is 8.13. The van der Waals surface area contributed by atoms with Crippen molar-refractivity contribution in [3.05, 3.63) is 0 Å². The molecule has 0 bridgehead atoms. The number of hydrogen-bond acceptors (Lipinski definition) is 1. The Bertz CT molecular complexity index is 140. The second-order valence-electron chi connectivity index (χ2n) is 5.67. The summed E-state index contributed by atoms with van der Waals surface area (Å²) >= 11 is 0. The summed E-state index contributed by atoms with van der Waals surface area (Å²) in [5.74, 6) is 0. The lowest BCUT2D eigenvalue weighted by Crippen LogP contribution is -2.21. The van der Waals surface area contributed by atoms with Crippen molar-refractivity contribution in [1.82, 2.24) is 4.90 Å². The molecule has 0 aromatic carbocycles. The largest absolute Gasteiger partial charge is 0.306 e. The van der Waals surface area contributed by atoms with Crippen LogP contribution in [0.4, 0.5) is 0 Å². The van der Waals surface area contributed by atoms with Crippen LogP contribution >= 0.6 is 0 Å². The monoisotopic (exact) mass is 213 g/mol. The van der Waals surface area contributed by atoms with Crippen LogP contribution in [0.5, 0.6) is 0 Å². The maximum absolute atomic E-state index is 2.45. The molecule has 0 aromatic heterocycles. The highest BCUT2D eigenvalue weighted by Crippen LogP contribution is 2.28. The van der Waals surface area contributed by atoms with Gasteiger partial charge in [0.15, 0.2) is 0 Å². The molecule has 15 heavy (non-hydrogen) atoms. The number of hydrogen-bond donors (Lipinski definition) is 0. The van der Waals surface area contributed by atoms with Crippen molar-refractivity contribution in [1.29, 1.82) is 0 Å². The predicted molar refractivity (Wildman–Crippen MR) is 70.3 cm³/mol. The highest BCUT2D eigenvalue weighted by molar-refractivity contribution is 4.68. The van der Waals surface area contributed by atoms with Crippen molar-refractivity contribution >= 4 is 0 Å². The van der Waals surface area contributed by atoms with Crippen molar-refractivity contribution in [2.45, 2.75) is 66.2 Å². The first-order valence-corrected chi connectivity index (χ1v) is 6.70. The molecule has 92 valence electrons. The normalized spacial score (nSPS) is 12.4. The lowest BCUT2D eigenvalue weighted by molar-refractivity contribution is 0.273. The van der Waals surface area contributed by atoms with Gasteiger partial charge in [-0.15, -0.1) is 0 Å². The van der Waals surface area contributed by atoms with Crippen molar-refractivity contribution < 1.29 is 0 Å². The van der Waals surface area contributed by atoms with Crippen LogP contribution < -0.4 is 0 Å². The van der Waals surface area contributed by atoms with Gasteiger partial charge in [0.1, 0.15) is 0 Å². The van der Waals surface area contributed by atoms with Gasteiger partial charge in [-0.3, -0.25) is 0 Å². The van der Waals surface area contributed by atoms with E-state index >= 15 is 0 Å². The van der Waals surface area contributed by atoms with Gasteiger partial charge in [0.05, 0.1) is 0 Å². The third-order valence-electron chi connectivity index (χ3n) is 3.18. The average molecular weight is 213 g/mol. The smallest absolute Gasteiger partial charge is 0.00218 e. The van der Waals surface area contributed by atoms with Crippen molar-refractivity contribution in [2.24, 2.45) is 5.41 Å². The first-order valence-electron chi connectivity index (χ1n) is 6.70. The summed E-state index contributed by atoms with van der Waals surface area (Å²) in [5, 5.41) is 0. The number of unbranched alkanes of at least 4 members (excludes halogenated alkanes) is 1. The molecular weight excluding hydrogens is 182 g/mol. The first-order chi connectivity index (χ1) is 7.02. The van der Waals surface area contributed by atoms with Gasteiger partial charge < -0.3 is 4.90 Å². The zero-order valence-corrected chi connectivity index (χ0v) is 11.6. The predicted octanol–water partition coefficient (Wildman–Crippen LogP) is 4.32. The lowest BCUT2D eigenvalue weighted by Gasteiger charge is -2.24. The summed E-state index contributed by atoms with van der Waals surface area (Å²) in [7, 11) is 2.24. The van der Waals surface area contributed by atoms with E-state index in [1.54, 1.807) is 0 Å². The van der Waals surface area contributed by atoms with Gasteiger partial charge in [-0.2, -0.15) is 0 Å². The number of rotatable bonds is 9. The van der Waals surface area contributed by atoms with Crippen molar-refractivity contribution in [3.8, 4) is 0 Å². The molecule has 0 N–H and O–H groups in total. The van der Waals surface area contributed by atoms with Gasteiger partial charge in [-0.1, -0.05) is 40.5 Å². The second kappa shape index (κ2) is 8.15. The van der Waals surface area contributed by atoms with Crippen LogP contribution in [0.2, 0.25) is 0 Å². The molecule has 0 saturated heterocycles. The summed E-state index contributed by atoms with van der Waals surface area (Å²) < 4.78 is 0. The third kappa shape index (κ3) is 8.92. The van der Waals surface area contributed by atoms with Gasteiger partial charge in [0, 0.05) is 0 Å². The molecule has 0 aliphatic carbocycles. The Balaban J connectivity index is 3.44. The van der Waals surface area contributed by atoms with Gasteiger partial charge in [-0.25, -0.2) is 0 Å². The van der Waals surface area contributed by atoms with E-state index in [4.69, 9.17) is 0 Å². The van der Waals surface area contributed by atoms with Crippen LogP contribution in [0.15, 0.2) is 0 Å². The molecule has 0 aliphatic heterocycles. The van der Waals surface area contributed by atoms with Crippen molar-refractivity contribution in [3.63, 3.8) is 0 Å². The van der Waals surface area contributed by atoms with Crippen LogP contribution in [-0.2, 0) is 0 Å². The molecule has 0 fully saturated rings. The first kappa shape index (κ1) is 15.0. The summed E-state index contributed by atoms with van der Waals surface area (Å²) in [5.41, 5.74) is 0.568. The van der Waals surface area contributed by atoms with Crippen LogP contribution in [0, 0.1) is 5.41 Å². The third-order valence-corrected chi connectivity index (χ3v) is 3.18. The number of nitrogens with zero attached hydrogens (tertiary/aromatic N) is 1. The minimum atomic E-state index is 0.568. The standard InChI is InChI=1S/C14H31N/c1-6-10-14(3,4)11-8-9-13-15(5)12-7-2/h6-13H2,1-5H3. The zero-order chi connectivity index (χ0) is 11.7. The van der Waals surface area contributed by atoms with Crippen LogP contribution in [0.25, 0.3) is 0 Å². The highest BCUT2D eigenvalue weighted by Gasteiger charge is 2.15. The molecule has 0 atom stereocenters. The SMILES string of the molecule is CCCN(C)CCCCC(C)(C)CCC. The Morgan fingerprint density at radius 2 is 1.53 bits per heavy atom. The van der Waals surface area contributed by atoms with Crippen LogP contribution in [0.1, 0.15) is 66.2 Å². The lowest BCUT2D eigenvalue weighted by atomic mass is 9.83. The molecular formula is C14H31N.